The first-order valence-corrected chi connectivity index (χ1v) is 10.2. The van der Waals surface area contributed by atoms with Gasteiger partial charge >= 0.3 is 0 Å². The van der Waals surface area contributed by atoms with Crippen molar-refractivity contribution in [3.8, 4) is 5.88 Å². The summed E-state index contributed by atoms with van der Waals surface area (Å²) in [5.74, 6) is -2.20. The molecule has 0 aromatic carbocycles. The van der Waals surface area contributed by atoms with Crippen LogP contribution >= 0.6 is 0 Å². The highest BCUT2D eigenvalue weighted by Gasteiger charge is 2.47. The fraction of sp³-hybridized carbons (Fsp3) is 0.700. The van der Waals surface area contributed by atoms with Gasteiger partial charge in [-0.15, -0.1) is 0 Å². The van der Waals surface area contributed by atoms with E-state index in [9.17, 15) is 18.7 Å². The summed E-state index contributed by atoms with van der Waals surface area (Å²) in [5, 5.41) is 9.77. The molecule has 3 aliphatic heterocycles. The summed E-state index contributed by atoms with van der Waals surface area (Å²) in [6, 6.07) is 3.23. The van der Waals surface area contributed by atoms with E-state index in [0.717, 1.165) is 12.8 Å². The number of alkyl halides is 2. The van der Waals surface area contributed by atoms with Gasteiger partial charge in [-0.3, -0.25) is 4.79 Å². The molecule has 1 saturated carbocycles. The van der Waals surface area contributed by atoms with Crippen LogP contribution in [0.15, 0.2) is 12.1 Å². The van der Waals surface area contributed by atoms with Crippen LogP contribution in [0.5, 0.6) is 5.88 Å². The zero-order chi connectivity index (χ0) is 20.2. The van der Waals surface area contributed by atoms with Crippen molar-refractivity contribution in [3.63, 3.8) is 0 Å². The van der Waals surface area contributed by atoms with Crippen molar-refractivity contribution in [3.05, 3.63) is 17.8 Å². The number of halogens is 2. The van der Waals surface area contributed by atoms with Crippen LogP contribution in [0.4, 0.5) is 14.5 Å². The summed E-state index contributed by atoms with van der Waals surface area (Å²) in [4.78, 5) is 20.6. The third kappa shape index (κ3) is 3.77. The second-order valence-electron chi connectivity index (χ2n) is 8.82. The Labute approximate surface area is 167 Å². The van der Waals surface area contributed by atoms with Gasteiger partial charge in [-0.2, -0.15) is 0 Å². The quantitative estimate of drug-likeness (QED) is 0.798. The molecule has 1 amide bonds. The minimum absolute atomic E-state index is 0.233. The van der Waals surface area contributed by atoms with E-state index in [1.165, 1.54) is 4.90 Å². The number of carbonyl (C=O) groups excluding carboxylic acids is 1. The molecule has 4 heterocycles. The molecule has 3 saturated heterocycles. The Balaban J connectivity index is 1.33. The number of likely N-dealkylation sites (tertiary alicyclic amines) is 1. The normalized spacial score (nSPS) is 30.7. The van der Waals surface area contributed by atoms with E-state index in [4.69, 9.17) is 9.47 Å². The first kappa shape index (κ1) is 19.0. The van der Waals surface area contributed by atoms with Gasteiger partial charge in [0.05, 0.1) is 44.6 Å². The lowest BCUT2D eigenvalue weighted by Gasteiger charge is -2.40. The van der Waals surface area contributed by atoms with Crippen molar-refractivity contribution < 1.29 is 28.2 Å². The minimum atomic E-state index is -2.70. The van der Waals surface area contributed by atoms with Gasteiger partial charge in [-0.25, -0.2) is 13.8 Å². The molecule has 2 atom stereocenters. The van der Waals surface area contributed by atoms with Crippen molar-refractivity contribution in [2.75, 3.05) is 44.3 Å². The van der Waals surface area contributed by atoms with E-state index in [2.05, 4.69) is 4.98 Å². The Morgan fingerprint density at radius 2 is 2.10 bits per heavy atom. The largest absolute Gasteiger partial charge is 0.476 e. The number of nitrogens with zero attached hydrogens (tertiary/aromatic N) is 3. The van der Waals surface area contributed by atoms with Crippen molar-refractivity contribution in [1.29, 1.82) is 0 Å². The van der Waals surface area contributed by atoms with E-state index >= 15 is 0 Å². The van der Waals surface area contributed by atoms with Crippen molar-refractivity contribution in [1.82, 2.24) is 9.88 Å². The monoisotopic (exact) mass is 409 g/mol. The lowest BCUT2D eigenvalue weighted by Crippen LogP contribution is -2.56. The van der Waals surface area contributed by atoms with E-state index in [0.29, 0.717) is 50.8 Å². The number of aromatic nitrogens is 1. The van der Waals surface area contributed by atoms with Crippen LogP contribution in [0.2, 0.25) is 0 Å². The number of amides is 1. The molecule has 5 rings (SSSR count). The molecule has 4 aliphatic rings. The highest BCUT2D eigenvalue weighted by molar-refractivity contribution is 5.93. The van der Waals surface area contributed by atoms with Gasteiger partial charge in [-0.1, -0.05) is 0 Å². The molecule has 1 N–H and O–H groups in total. The number of anilines is 1. The number of carbonyl (C=O) groups is 1. The smallest absolute Gasteiger partial charge is 0.282 e. The zero-order valence-electron chi connectivity index (χ0n) is 16.1. The van der Waals surface area contributed by atoms with E-state index in [-0.39, 0.29) is 30.6 Å². The minimum Gasteiger partial charge on any atom is -0.476 e. The summed E-state index contributed by atoms with van der Waals surface area (Å²) in [6.45, 7) is 1.01. The van der Waals surface area contributed by atoms with Gasteiger partial charge in [-0.05, 0) is 37.3 Å². The van der Waals surface area contributed by atoms with Crippen LogP contribution in [0.1, 0.15) is 36.2 Å². The molecule has 1 aromatic heterocycles. The van der Waals surface area contributed by atoms with Crippen LogP contribution in [0.3, 0.4) is 0 Å². The summed E-state index contributed by atoms with van der Waals surface area (Å²) in [5.41, 5.74) is 0.277. The van der Waals surface area contributed by atoms with Crippen molar-refractivity contribution >= 4 is 11.6 Å². The Morgan fingerprint density at radius 3 is 2.76 bits per heavy atom. The maximum absolute atomic E-state index is 13.3. The number of aliphatic hydroxyl groups is 1. The fourth-order valence-corrected chi connectivity index (χ4v) is 4.35. The Bertz CT molecular complexity index is 811. The standard InChI is InChI=1S/C20H25F2N3O4/c21-20(22)11-25(12-20)16-4-3-15(23-17(16)28-8-13-1-2-13)18(27)24-6-5-19(10-24)7-14(26)9-29-19/h3-4,13-14,26H,1-2,5-12H2. The molecule has 1 spiro atoms. The molecule has 0 radical (unpaired) electrons. The van der Waals surface area contributed by atoms with Crippen LogP contribution in [0, 0.1) is 5.92 Å². The summed E-state index contributed by atoms with van der Waals surface area (Å²) in [7, 11) is 0. The average Bonchev–Trinajstić information content (AvgIpc) is 3.31. The molecule has 9 heteroatoms. The van der Waals surface area contributed by atoms with Gasteiger partial charge in [0.1, 0.15) is 11.4 Å². The summed E-state index contributed by atoms with van der Waals surface area (Å²) < 4.78 is 38.2. The van der Waals surface area contributed by atoms with Gasteiger partial charge in [0.15, 0.2) is 0 Å². The lowest BCUT2D eigenvalue weighted by molar-refractivity contribution is -0.0265. The highest BCUT2D eigenvalue weighted by Crippen LogP contribution is 2.39. The predicted molar refractivity (Wildman–Crippen MR) is 99.4 cm³/mol. The summed E-state index contributed by atoms with van der Waals surface area (Å²) >= 11 is 0. The van der Waals surface area contributed by atoms with Crippen LogP contribution in [-0.4, -0.2) is 77.9 Å². The van der Waals surface area contributed by atoms with E-state index in [1.54, 1.807) is 17.0 Å². The molecule has 7 nitrogen and oxygen atoms in total. The molecule has 1 aromatic rings. The zero-order valence-corrected chi connectivity index (χ0v) is 16.1. The molecule has 1 aliphatic carbocycles. The van der Waals surface area contributed by atoms with Crippen LogP contribution < -0.4 is 9.64 Å². The van der Waals surface area contributed by atoms with Crippen LogP contribution in [0.25, 0.3) is 0 Å². The Hall–Kier alpha value is -2.00. The van der Waals surface area contributed by atoms with Crippen molar-refractivity contribution in [2.45, 2.75) is 43.3 Å². The number of aliphatic hydroxyl groups excluding tert-OH is 1. The fourth-order valence-electron chi connectivity index (χ4n) is 4.35. The second kappa shape index (κ2) is 6.77. The molecular formula is C20H25F2N3O4. The van der Waals surface area contributed by atoms with Gasteiger partial charge < -0.3 is 24.4 Å². The van der Waals surface area contributed by atoms with E-state index in [1.807, 2.05) is 0 Å². The number of ether oxygens (including phenoxy) is 2. The Kier molecular flexibility index (Phi) is 4.43. The maximum atomic E-state index is 13.3. The topological polar surface area (TPSA) is 75.1 Å². The number of rotatable bonds is 5. The maximum Gasteiger partial charge on any atom is 0.282 e. The molecule has 158 valence electrons. The third-order valence-corrected chi connectivity index (χ3v) is 6.19. The molecule has 29 heavy (non-hydrogen) atoms. The summed E-state index contributed by atoms with van der Waals surface area (Å²) in [6.07, 6.45) is 2.92. The third-order valence-electron chi connectivity index (χ3n) is 6.19. The Morgan fingerprint density at radius 1 is 1.31 bits per heavy atom. The molecule has 4 fully saturated rings. The van der Waals surface area contributed by atoms with Gasteiger partial charge in [0.25, 0.3) is 11.8 Å². The van der Waals surface area contributed by atoms with Gasteiger partial charge in [0.2, 0.25) is 5.88 Å². The van der Waals surface area contributed by atoms with Crippen LogP contribution in [-0.2, 0) is 4.74 Å². The number of pyridine rings is 1. The van der Waals surface area contributed by atoms with E-state index < -0.39 is 17.6 Å². The van der Waals surface area contributed by atoms with Crippen molar-refractivity contribution in [2.24, 2.45) is 5.92 Å². The highest BCUT2D eigenvalue weighted by atomic mass is 19.3. The second-order valence-corrected chi connectivity index (χ2v) is 8.82. The molecule has 2 unspecified atom stereocenters. The lowest BCUT2D eigenvalue weighted by atomic mass is 9.98. The average molecular weight is 409 g/mol. The SMILES string of the molecule is O=C(c1ccc(N2CC(F)(F)C2)c(OCC2CC2)n1)N1CCC2(CC(O)CO2)C1. The first-order chi connectivity index (χ1) is 13.8. The molecule has 0 bridgehead atoms. The predicted octanol–water partition coefficient (Wildman–Crippen LogP) is 1.69. The number of hydrogen-bond acceptors (Lipinski definition) is 6. The number of hydrogen-bond donors (Lipinski definition) is 1. The first-order valence-electron chi connectivity index (χ1n) is 10.2. The van der Waals surface area contributed by atoms with Gasteiger partial charge in [0, 0.05) is 13.0 Å². The molecular weight excluding hydrogens is 384 g/mol.